The third kappa shape index (κ3) is 2.53. The van der Waals surface area contributed by atoms with Crippen LogP contribution in [0, 0.1) is 12.3 Å². The number of hydrazone groups is 1. The van der Waals surface area contributed by atoms with E-state index in [9.17, 15) is 0 Å². The van der Waals surface area contributed by atoms with Crippen molar-refractivity contribution in [3.63, 3.8) is 0 Å². The Labute approximate surface area is 77.2 Å². The lowest BCUT2D eigenvalue weighted by Crippen LogP contribution is -1.97. The average Bonchev–Trinajstić information content (AvgIpc) is 2.17. The first-order valence-electron chi connectivity index (χ1n) is 3.77. The molecule has 0 heterocycles. The van der Waals surface area contributed by atoms with Gasteiger partial charge in [0, 0.05) is 5.56 Å². The topological polar surface area (TPSA) is 47.6 Å². The summed E-state index contributed by atoms with van der Waals surface area (Å²) in [7, 11) is 0. The molecule has 0 bridgehead atoms. The van der Waals surface area contributed by atoms with Crippen molar-refractivity contribution >= 4 is 6.21 Å². The van der Waals surface area contributed by atoms with Crippen LogP contribution in [0.5, 0.6) is 5.75 Å². The number of rotatable bonds is 3. The summed E-state index contributed by atoms with van der Waals surface area (Å²) >= 11 is 0. The lowest BCUT2D eigenvalue weighted by molar-refractivity contribution is 0.370. The van der Waals surface area contributed by atoms with E-state index < -0.39 is 0 Å². The van der Waals surface area contributed by atoms with Crippen molar-refractivity contribution in [2.45, 2.75) is 0 Å². The summed E-state index contributed by atoms with van der Waals surface area (Å²) in [5.41, 5.74) is 0.820. The SMILES string of the molecule is C#CCOc1ccccc1/C=N\N. The Morgan fingerprint density at radius 2 is 2.31 bits per heavy atom. The molecule has 0 saturated heterocycles. The zero-order valence-corrected chi connectivity index (χ0v) is 7.10. The van der Waals surface area contributed by atoms with Crippen LogP contribution in [0.4, 0.5) is 0 Å². The van der Waals surface area contributed by atoms with Crippen LogP contribution in [-0.2, 0) is 0 Å². The van der Waals surface area contributed by atoms with E-state index in [2.05, 4.69) is 11.0 Å². The van der Waals surface area contributed by atoms with Gasteiger partial charge in [-0.3, -0.25) is 0 Å². The minimum atomic E-state index is 0.245. The van der Waals surface area contributed by atoms with Crippen molar-refractivity contribution in [2.24, 2.45) is 10.9 Å². The van der Waals surface area contributed by atoms with Crippen LogP contribution in [0.3, 0.4) is 0 Å². The summed E-state index contributed by atoms with van der Waals surface area (Å²) in [4.78, 5) is 0. The smallest absolute Gasteiger partial charge is 0.148 e. The molecular formula is C10H10N2O. The van der Waals surface area contributed by atoms with Gasteiger partial charge in [0.25, 0.3) is 0 Å². The van der Waals surface area contributed by atoms with Crippen molar-refractivity contribution in [3.05, 3.63) is 29.8 Å². The number of terminal acetylenes is 1. The molecule has 1 aromatic carbocycles. The summed E-state index contributed by atoms with van der Waals surface area (Å²) in [5, 5.41) is 3.42. The highest BCUT2D eigenvalue weighted by molar-refractivity contribution is 5.83. The molecular weight excluding hydrogens is 164 g/mol. The van der Waals surface area contributed by atoms with E-state index in [4.69, 9.17) is 17.0 Å². The van der Waals surface area contributed by atoms with Crippen LogP contribution in [0.15, 0.2) is 29.4 Å². The Hall–Kier alpha value is -1.95. The number of para-hydroxylation sites is 1. The molecule has 0 amide bonds. The molecule has 3 nitrogen and oxygen atoms in total. The van der Waals surface area contributed by atoms with E-state index in [0.717, 1.165) is 5.56 Å². The highest BCUT2D eigenvalue weighted by Gasteiger charge is 1.97. The average molecular weight is 174 g/mol. The molecule has 0 fully saturated rings. The lowest BCUT2D eigenvalue weighted by atomic mass is 10.2. The first kappa shape index (κ1) is 9.14. The van der Waals surface area contributed by atoms with E-state index in [1.54, 1.807) is 0 Å². The first-order valence-corrected chi connectivity index (χ1v) is 3.77. The Morgan fingerprint density at radius 3 is 3.00 bits per heavy atom. The number of ether oxygens (including phenoxy) is 1. The lowest BCUT2D eigenvalue weighted by Gasteiger charge is -2.04. The van der Waals surface area contributed by atoms with Gasteiger partial charge in [-0.05, 0) is 12.1 Å². The maximum absolute atomic E-state index is 5.26. The molecule has 0 unspecified atom stereocenters. The summed E-state index contributed by atoms with van der Waals surface area (Å²) in [6, 6.07) is 7.40. The molecule has 0 radical (unpaired) electrons. The number of nitrogens with two attached hydrogens (primary N) is 1. The van der Waals surface area contributed by atoms with Gasteiger partial charge in [0.05, 0.1) is 6.21 Å². The summed E-state index contributed by atoms with van der Waals surface area (Å²) < 4.78 is 5.26. The summed E-state index contributed by atoms with van der Waals surface area (Å²) in [5.74, 6) is 8.11. The molecule has 3 heteroatoms. The number of hydrogen-bond acceptors (Lipinski definition) is 3. The molecule has 0 saturated carbocycles. The molecule has 0 aromatic heterocycles. The van der Waals surface area contributed by atoms with Crippen molar-refractivity contribution in [2.75, 3.05) is 6.61 Å². The quantitative estimate of drug-likeness (QED) is 0.321. The maximum atomic E-state index is 5.26. The van der Waals surface area contributed by atoms with Crippen LogP contribution < -0.4 is 10.6 Å². The van der Waals surface area contributed by atoms with Gasteiger partial charge in [0.1, 0.15) is 12.4 Å². The van der Waals surface area contributed by atoms with Crippen LogP contribution >= 0.6 is 0 Å². The zero-order valence-electron chi connectivity index (χ0n) is 7.10. The van der Waals surface area contributed by atoms with E-state index in [1.807, 2.05) is 24.3 Å². The third-order valence-electron chi connectivity index (χ3n) is 1.44. The predicted molar refractivity (Wildman–Crippen MR) is 52.6 cm³/mol. The fourth-order valence-electron chi connectivity index (χ4n) is 0.918. The van der Waals surface area contributed by atoms with Crippen molar-refractivity contribution < 1.29 is 4.74 Å². The second kappa shape index (κ2) is 4.83. The second-order valence-corrected chi connectivity index (χ2v) is 2.31. The predicted octanol–water partition coefficient (Wildman–Crippen LogP) is 0.991. The van der Waals surface area contributed by atoms with E-state index in [-0.39, 0.29) is 6.61 Å². The first-order chi connectivity index (χ1) is 6.38. The standard InChI is InChI=1S/C10H10N2O/c1-2-7-13-10-6-4-3-5-9(10)8-12-11/h1,3-6,8H,7,11H2/b12-8-. The normalized spacial score (nSPS) is 9.77. The molecule has 0 aliphatic carbocycles. The Kier molecular flexibility index (Phi) is 3.40. The van der Waals surface area contributed by atoms with Gasteiger partial charge >= 0.3 is 0 Å². The van der Waals surface area contributed by atoms with Crippen molar-refractivity contribution in [1.82, 2.24) is 0 Å². The molecule has 1 rings (SSSR count). The fourth-order valence-corrected chi connectivity index (χ4v) is 0.918. The van der Waals surface area contributed by atoms with Gasteiger partial charge in [-0.25, -0.2) is 0 Å². The second-order valence-electron chi connectivity index (χ2n) is 2.31. The third-order valence-corrected chi connectivity index (χ3v) is 1.44. The van der Waals surface area contributed by atoms with Gasteiger partial charge in [0.2, 0.25) is 0 Å². The molecule has 0 spiro atoms. The number of benzene rings is 1. The molecule has 0 aliphatic rings. The Bertz CT molecular complexity index is 339. The summed E-state index contributed by atoms with van der Waals surface area (Å²) in [6.45, 7) is 0.245. The van der Waals surface area contributed by atoms with Crippen molar-refractivity contribution in [1.29, 1.82) is 0 Å². The fraction of sp³-hybridized carbons (Fsp3) is 0.100. The number of hydrogen-bond donors (Lipinski definition) is 1. The molecule has 0 aliphatic heterocycles. The molecule has 2 N–H and O–H groups in total. The molecule has 0 atom stereocenters. The van der Waals surface area contributed by atoms with Gasteiger partial charge in [-0.1, -0.05) is 18.1 Å². The Balaban J connectivity index is 2.85. The van der Waals surface area contributed by atoms with E-state index in [0.29, 0.717) is 5.75 Å². The molecule has 13 heavy (non-hydrogen) atoms. The minimum absolute atomic E-state index is 0.245. The van der Waals surface area contributed by atoms with Gasteiger partial charge in [-0.2, -0.15) is 5.10 Å². The monoisotopic (exact) mass is 174 g/mol. The van der Waals surface area contributed by atoms with E-state index in [1.165, 1.54) is 6.21 Å². The zero-order chi connectivity index (χ0) is 9.52. The van der Waals surface area contributed by atoms with Gasteiger partial charge in [0.15, 0.2) is 0 Å². The van der Waals surface area contributed by atoms with E-state index >= 15 is 0 Å². The van der Waals surface area contributed by atoms with Crippen molar-refractivity contribution in [3.8, 4) is 18.1 Å². The van der Waals surface area contributed by atoms with Gasteiger partial charge < -0.3 is 10.6 Å². The van der Waals surface area contributed by atoms with Crippen LogP contribution in [-0.4, -0.2) is 12.8 Å². The number of nitrogens with zero attached hydrogens (tertiary/aromatic N) is 1. The Morgan fingerprint density at radius 1 is 1.54 bits per heavy atom. The molecule has 66 valence electrons. The van der Waals surface area contributed by atoms with Crippen LogP contribution in [0.1, 0.15) is 5.56 Å². The van der Waals surface area contributed by atoms with Crippen LogP contribution in [0.2, 0.25) is 0 Å². The van der Waals surface area contributed by atoms with Gasteiger partial charge in [-0.15, -0.1) is 6.42 Å². The minimum Gasteiger partial charge on any atom is -0.480 e. The maximum Gasteiger partial charge on any atom is 0.148 e. The highest BCUT2D eigenvalue weighted by Crippen LogP contribution is 2.15. The highest BCUT2D eigenvalue weighted by atomic mass is 16.5. The van der Waals surface area contributed by atoms with Crippen LogP contribution in [0.25, 0.3) is 0 Å². The summed E-state index contributed by atoms with van der Waals surface area (Å²) in [6.07, 6.45) is 6.59. The molecule has 1 aromatic rings. The largest absolute Gasteiger partial charge is 0.480 e.